The molecule has 31 heavy (non-hydrogen) atoms. The zero-order valence-electron chi connectivity index (χ0n) is 17.1. The molecule has 0 bridgehead atoms. The van der Waals surface area contributed by atoms with Crippen LogP contribution in [-0.4, -0.2) is 15.8 Å². The van der Waals surface area contributed by atoms with Crippen LogP contribution in [0.2, 0.25) is 5.02 Å². The van der Waals surface area contributed by atoms with Crippen molar-refractivity contribution < 1.29 is 9.18 Å². The van der Waals surface area contributed by atoms with E-state index in [1.54, 1.807) is 18.3 Å². The van der Waals surface area contributed by atoms with Gasteiger partial charge in [0.2, 0.25) is 5.91 Å². The molecule has 0 N–H and O–H groups in total. The van der Waals surface area contributed by atoms with Gasteiger partial charge in [-0.2, -0.15) is 0 Å². The van der Waals surface area contributed by atoms with Crippen molar-refractivity contribution in [3.8, 4) is 0 Å². The van der Waals surface area contributed by atoms with Gasteiger partial charge in [-0.05, 0) is 78.6 Å². The van der Waals surface area contributed by atoms with Gasteiger partial charge in [0.15, 0.2) is 0 Å². The smallest absolute Gasteiger partial charge is 0.227 e. The van der Waals surface area contributed by atoms with Crippen LogP contribution in [0.1, 0.15) is 48.0 Å². The fourth-order valence-electron chi connectivity index (χ4n) is 4.52. The molecule has 158 valence electrons. The average molecular weight is 435 g/mol. The molecule has 0 spiro atoms. The largest absolute Gasteiger partial charge is 0.329 e. The average Bonchev–Trinajstić information content (AvgIpc) is 3.70. The van der Waals surface area contributed by atoms with E-state index in [2.05, 4.69) is 4.98 Å². The lowest BCUT2D eigenvalue weighted by molar-refractivity contribution is -0.136. The van der Waals surface area contributed by atoms with Crippen molar-refractivity contribution in [2.24, 2.45) is 11.8 Å². The van der Waals surface area contributed by atoms with Crippen LogP contribution in [0.4, 0.5) is 4.39 Å². The van der Waals surface area contributed by atoms with E-state index < -0.39 is 0 Å². The molecule has 2 aromatic carbocycles. The standard InChI is InChI=1S/C26H24ClFN2O/c27-20-10-6-19(7-11-20)25(18-4-5-18)30(16-22-3-1-2-14-29-22)26(31)24-15-23(24)17-8-12-21(28)13-9-17/h1-3,6-14,18,23-25H,4-5,15-16H2/t23-,24+,25?/m0/s1. The molecule has 1 heterocycles. The summed E-state index contributed by atoms with van der Waals surface area (Å²) >= 11 is 6.12. The molecule has 1 aromatic heterocycles. The van der Waals surface area contributed by atoms with E-state index in [-0.39, 0.29) is 29.6 Å². The van der Waals surface area contributed by atoms with Crippen molar-refractivity contribution in [2.75, 3.05) is 0 Å². The summed E-state index contributed by atoms with van der Waals surface area (Å²) < 4.78 is 13.3. The Hall–Kier alpha value is -2.72. The first-order valence-electron chi connectivity index (χ1n) is 10.8. The van der Waals surface area contributed by atoms with Gasteiger partial charge in [-0.3, -0.25) is 9.78 Å². The Bertz CT molecular complexity index is 1050. The summed E-state index contributed by atoms with van der Waals surface area (Å²) in [5.41, 5.74) is 3.04. The SMILES string of the molecule is O=C([C@@H]1C[C@H]1c1ccc(F)cc1)N(Cc1ccccn1)C(c1ccc(Cl)cc1)C1CC1. The Labute approximate surface area is 186 Å². The summed E-state index contributed by atoms with van der Waals surface area (Å²) in [5, 5.41) is 0.694. The molecular formula is C26H24ClFN2O. The monoisotopic (exact) mass is 434 g/mol. The maximum Gasteiger partial charge on any atom is 0.227 e. The van der Waals surface area contributed by atoms with E-state index in [0.29, 0.717) is 17.5 Å². The molecule has 3 nitrogen and oxygen atoms in total. The minimum Gasteiger partial charge on any atom is -0.329 e. The van der Waals surface area contributed by atoms with Gasteiger partial charge < -0.3 is 4.90 Å². The normalized spacial score (nSPS) is 20.8. The van der Waals surface area contributed by atoms with Crippen LogP contribution in [0.5, 0.6) is 0 Å². The van der Waals surface area contributed by atoms with E-state index in [9.17, 15) is 9.18 Å². The fraction of sp³-hybridized carbons (Fsp3) is 0.308. The predicted octanol–water partition coefficient (Wildman–Crippen LogP) is 6.16. The van der Waals surface area contributed by atoms with Crippen LogP contribution < -0.4 is 0 Å². The van der Waals surface area contributed by atoms with Crippen LogP contribution in [0.15, 0.2) is 72.9 Å². The maximum absolute atomic E-state index is 13.8. The molecule has 3 aromatic rings. The van der Waals surface area contributed by atoms with Crippen LogP contribution in [0.3, 0.4) is 0 Å². The second kappa shape index (κ2) is 8.43. The lowest BCUT2D eigenvalue weighted by atomic mass is 9.99. The first-order valence-corrected chi connectivity index (χ1v) is 11.2. The van der Waals surface area contributed by atoms with E-state index in [4.69, 9.17) is 11.6 Å². The minimum atomic E-state index is -0.249. The molecule has 5 heteroatoms. The van der Waals surface area contributed by atoms with Crippen LogP contribution in [-0.2, 0) is 11.3 Å². The Morgan fingerprint density at radius 1 is 1.06 bits per heavy atom. The molecule has 1 amide bonds. The van der Waals surface area contributed by atoms with Crippen molar-refractivity contribution in [1.29, 1.82) is 0 Å². The fourth-order valence-corrected chi connectivity index (χ4v) is 4.64. The van der Waals surface area contributed by atoms with Gasteiger partial charge in [0.05, 0.1) is 18.3 Å². The molecule has 0 aliphatic heterocycles. The minimum absolute atomic E-state index is 0.0150. The molecule has 0 radical (unpaired) electrons. The maximum atomic E-state index is 13.8. The van der Waals surface area contributed by atoms with Gasteiger partial charge in [0.1, 0.15) is 5.82 Å². The first-order chi connectivity index (χ1) is 15.1. The van der Waals surface area contributed by atoms with Gasteiger partial charge >= 0.3 is 0 Å². The van der Waals surface area contributed by atoms with Crippen molar-refractivity contribution in [3.05, 3.63) is 101 Å². The zero-order valence-corrected chi connectivity index (χ0v) is 17.9. The molecule has 1 unspecified atom stereocenters. The molecule has 2 aliphatic rings. The number of halogens is 2. The van der Waals surface area contributed by atoms with Gasteiger partial charge in [0.25, 0.3) is 0 Å². The number of amides is 1. The van der Waals surface area contributed by atoms with Gasteiger partial charge in [-0.15, -0.1) is 0 Å². The number of rotatable bonds is 7. The van der Waals surface area contributed by atoms with E-state index in [1.165, 1.54) is 12.1 Å². The molecule has 5 rings (SSSR count). The quantitative estimate of drug-likeness (QED) is 0.446. The summed E-state index contributed by atoms with van der Waals surface area (Å²) in [6.07, 6.45) is 4.81. The Balaban J connectivity index is 1.44. The lowest BCUT2D eigenvalue weighted by Gasteiger charge is -2.33. The summed E-state index contributed by atoms with van der Waals surface area (Å²) in [7, 11) is 0. The third kappa shape index (κ3) is 4.49. The Kier molecular flexibility index (Phi) is 5.49. The highest BCUT2D eigenvalue weighted by molar-refractivity contribution is 6.30. The number of pyridine rings is 1. The van der Waals surface area contributed by atoms with Gasteiger partial charge in [-0.25, -0.2) is 4.39 Å². The van der Waals surface area contributed by atoms with Crippen LogP contribution >= 0.6 is 11.6 Å². The highest BCUT2D eigenvalue weighted by Crippen LogP contribution is 2.52. The van der Waals surface area contributed by atoms with Crippen molar-refractivity contribution >= 4 is 17.5 Å². The Morgan fingerprint density at radius 2 is 1.81 bits per heavy atom. The Morgan fingerprint density at radius 3 is 2.45 bits per heavy atom. The lowest BCUT2D eigenvalue weighted by Crippen LogP contribution is -2.37. The highest BCUT2D eigenvalue weighted by Gasteiger charge is 2.49. The number of hydrogen-bond acceptors (Lipinski definition) is 2. The van der Waals surface area contributed by atoms with Crippen molar-refractivity contribution in [2.45, 2.75) is 37.8 Å². The third-order valence-electron chi connectivity index (χ3n) is 6.36. The van der Waals surface area contributed by atoms with E-state index in [1.807, 2.05) is 47.4 Å². The highest BCUT2D eigenvalue weighted by atomic mass is 35.5. The summed E-state index contributed by atoms with van der Waals surface area (Å²) in [6.45, 7) is 0.482. The second-order valence-electron chi connectivity index (χ2n) is 8.62. The molecule has 3 atom stereocenters. The van der Waals surface area contributed by atoms with Crippen molar-refractivity contribution in [1.82, 2.24) is 9.88 Å². The molecule has 2 fully saturated rings. The molecule has 2 saturated carbocycles. The van der Waals surface area contributed by atoms with E-state index >= 15 is 0 Å². The van der Waals surface area contributed by atoms with Crippen LogP contribution in [0.25, 0.3) is 0 Å². The number of carbonyl (C=O) groups excluding carboxylic acids is 1. The van der Waals surface area contributed by atoms with Gasteiger partial charge in [-0.1, -0.05) is 41.9 Å². The predicted molar refractivity (Wildman–Crippen MR) is 119 cm³/mol. The number of benzene rings is 2. The third-order valence-corrected chi connectivity index (χ3v) is 6.62. The summed E-state index contributed by atoms with van der Waals surface area (Å²) in [6, 6.07) is 20.2. The number of carbonyl (C=O) groups is 1. The summed E-state index contributed by atoms with van der Waals surface area (Å²) in [4.78, 5) is 20.3. The second-order valence-corrected chi connectivity index (χ2v) is 9.06. The zero-order chi connectivity index (χ0) is 21.4. The number of hydrogen-bond donors (Lipinski definition) is 0. The summed E-state index contributed by atoms with van der Waals surface area (Å²) in [5.74, 6) is 0.455. The molecule has 2 aliphatic carbocycles. The van der Waals surface area contributed by atoms with Crippen molar-refractivity contribution in [3.63, 3.8) is 0 Å². The number of aromatic nitrogens is 1. The topological polar surface area (TPSA) is 33.2 Å². The van der Waals surface area contributed by atoms with Gasteiger partial charge in [0, 0.05) is 17.1 Å². The molecular weight excluding hydrogens is 411 g/mol. The van der Waals surface area contributed by atoms with Crippen LogP contribution in [0, 0.1) is 17.7 Å². The number of nitrogens with zero attached hydrogens (tertiary/aromatic N) is 2. The first kappa shape index (κ1) is 20.2. The van der Waals surface area contributed by atoms with E-state index in [0.717, 1.165) is 36.1 Å². The molecule has 0 saturated heterocycles.